The lowest BCUT2D eigenvalue weighted by molar-refractivity contribution is -0.121. The standard InChI is InChI=1S/C24H24N4O3/c1-28-19-12-6-5-11-18(19)26-23(28)22(17-9-3-2-4-10-17)27-21(29)14-7-15-25-24(30)20-13-8-16-31-20/h2-6,8-13,16,22H,7,14-15H2,1H3,(H,25,30)(H,27,29). The average molecular weight is 416 g/mol. The summed E-state index contributed by atoms with van der Waals surface area (Å²) >= 11 is 0. The van der Waals surface area contributed by atoms with E-state index in [-0.39, 0.29) is 30.0 Å². The predicted octanol–water partition coefficient (Wildman–Crippen LogP) is 3.58. The molecule has 0 aliphatic rings. The fourth-order valence-electron chi connectivity index (χ4n) is 3.54. The van der Waals surface area contributed by atoms with Gasteiger partial charge in [-0.2, -0.15) is 0 Å². The number of hydrogen-bond acceptors (Lipinski definition) is 4. The molecule has 0 spiro atoms. The summed E-state index contributed by atoms with van der Waals surface area (Å²) in [6.45, 7) is 0.384. The van der Waals surface area contributed by atoms with Crippen molar-refractivity contribution in [1.29, 1.82) is 0 Å². The minimum Gasteiger partial charge on any atom is -0.459 e. The fraction of sp³-hybridized carbons (Fsp3) is 0.208. The van der Waals surface area contributed by atoms with Crippen LogP contribution in [0, 0.1) is 0 Å². The number of hydrogen-bond donors (Lipinski definition) is 2. The number of rotatable bonds is 8. The molecular formula is C24H24N4O3. The number of carbonyl (C=O) groups is 2. The number of imidazole rings is 1. The number of para-hydroxylation sites is 2. The molecule has 0 aliphatic heterocycles. The first-order valence-corrected chi connectivity index (χ1v) is 10.2. The predicted molar refractivity (Wildman–Crippen MR) is 117 cm³/mol. The number of aryl methyl sites for hydroxylation is 1. The molecule has 7 heteroatoms. The van der Waals surface area contributed by atoms with Gasteiger partial charge >= 0.3 is 0 Å². The van der Waals surface area contributed by atoms with Crippen molar-refractivity contribution in [3.05, 3.63) is 90.1 Å². The zero-order valence-electron chi connectivity index (χ0n) is 17.2. The summed E-state index contributed by atoms with van der Waals surface area (Å²) in [4.78, 5) is 29.4. The van der Waals surface area contributed by atoms with Gasteiger partial charge in [0.05, 0.1) is 17.3 Å². The summed E-state index contributed by atoms with van der Waals surface area (Å²) < 4.78 is 7.07. The van der Waals surface area contributed by atoms with Crippen LogP contribution < -0.4 is 10.6 Å². The first-order valence-electron chi connectivity index (χ1n) is 10.2. The molecule has 0 aliphatic carbocycles. The number of furan rings is 1. The molecule has 2 aromatic heterocycles. The van der Waals surface area contributed by atoms with Crippen molar-refractivity contribution < 1.29 is 14.0 Å². The Labute approximate surface area is 180 Å². The number of amides is 2. The van der Waals surface area contributed by atoms with Crippen molar-refractivity contribution >= 4 is 22.8 Å². The van der Waals surface area contributed by atoms with Gasteiger partial charge < -0.3 is 19.6 Å². The monoisotopic (exact) mass is 416 g/mol. The van der Waals surface area contributed by atoms with E-state index in [4.69, 9.17) is 9.40 Å². The van der Waals surface area contributed by atoms with Crippen molar-refractivity contribution in [3.8, 4) is 0 Å². The minimum absolute atomic E-state index is 0.104. The Bertz CT molecular complexity index is 1170. The lowest BCUT2D eigenvalue weighted by Crippen LogP contribution is -2.32. The number of carbonyl (C=O) groups excluding carboxylic acids is 2. The van der Waals surface area contributed by atoms with Crippen LogP contribution in [0.25, 0.3) is 11.0 Å². The van der Waals surface area contributed by atoms with Gasteiger partial charge in [-0.15, -0.1) is 0 Å². The second-order valence-corrected chi connectivity index (χ2v) is 7.27. The second kappa shape index (κ2) is 9.30. The molecule has 1 atom stereocenters. The van der Waals surface area contributed by atoms with E-state index in [0.717, 1.165) is 22.4 Å². The summed E-state index contributed by atoms with van der Waals surface area (Å²) in [5.74, 6) is 0.641. The highest BCUT2D eigenvalue weighted by molar-refractivity contribution is 5.91. The summed E-state index contributed by atoms with van der Waals surface area (Å²) in [5.41, 5.74) is 2.85. The van der Waals surface area contributed by atoms with Crippen LogP contribution in [0.15, 0.2) is 77.4 Å². The van der Waals surface area contributed by atoms with Crippen molar-refractivity contribution in [2.75, 3.05) is 6.54 Å². The molecule has 2 N–H and O–H groups in total. The third kappa shape index (κ3) is 4.66. The SMILES string of the molecule is Cn1c(C(NC(=O)CCCNC(=O)c2ccco2)c2ccccc2)nc2ccccc21. The van der Waals surface area contributed by atoms with E-state index in [1.54, 1.807) is 12.1 Å². The number of benzene rings is 2. The molecule has 158 valence electrons. The van der Waals surface area contributed by atoms with Crippen LogP contribution in [0.1, 0.15) is 40.8 Å². The van der Waals surface area contributed by atoms with Gasteiger partial charge in [0.25, 0.3) is 5.91 Å². The highest BCUT2D eigenvalue weighted by Crippen LogP contribution is 2.25. The Hall–Kier alpha value is -3.87. The Morgan fingerprint density at radius 1 is 1.03 bits per heavy atom. The molecule has 7 nitrogen and oxygen atoms in total. The van der Waals surface area contributed by atoms with E-state index in [2.05, 4.69) is 10.6 Å². The van der Waals surface area contributed by atoms with Crippen molar-refractivity contribution in [2.45, 2.75) is 18.9 Å². The number of nitrogens with zero attached hydrogens (tertiary/aromatic N) is 2. The maximum absolute atomic E-state index is 12.7. The molecule has 4 aromatic rings. The first kappa shape index (κ1) is 20.4. The van der Waals surface area contributed by atoms with Gasteiger partial charge in [0, 0.05) is 20.0 Å². The van der Waals surface area contributed by atoms with E-state index in [1.165, 1.54) is 6.26 Å². The molecule has 31 heavy (non-hydrogen) atoms. The number of aromatic nitrogens is 2. The minimum atomic E-state index is -0.371. The molecule has 2 heterocycles. The molecule has 1 unspecified atom stereocenters. The van der Waals surface area contributed by atoms with Gasteiger partial charge in [-0.3, -0.25) is 9.59 Å². The lowest BCUT2D eigenvalue weighted by atomic mass is 10.1. The quantitative estimate of drug-likeness (QED) is 0.430. The Morgan fingerprint density at radius 2 is 1.81 bits per heavy atom. The molecule has 2 aromatic carbocycles. The van der Waals surface area contributed by atoms with E-state index in [0.29, 0.717) is 13.0 Å². The van der Waals surface area contributed by atoms with Gasteiger partial charge in [0.15, 0.2) is 5.76 Å². The van der Waals surface area contributed by atoms with Crippen LogP contribution in [0.3, 0.4) is 0 Å². The van der Waals surface area contributed by atoms with Crippen LogP contribution in [0.2, 0.25) is 0 Å². The lowest BCUT2D eigenvalue weighted by Gasteiger charge is -2.19. The van der Waals surface area contributed by atoms with Crippen molar-refractivity contribution in [1.82, 2.24) is 20.2 Å². The van der Waals surface area contributed by atoms with E-state index < -0.39 is 0 Å². The van der Waals surface area contributed by atoms with Crippen LogP contribution in [0.4, 0.5) is 0 Å². The van der Waals surface area contributed by atoms with Crippen molar-refractivity contribution in [2.24, 2.45) is 7.05 Å². The topological polar surface area (TPSA) is 89.2 Å². The molecule has 0 bridgehead atoms. The summed E-state index contributed by atoms with van der Waals surface area (Å²) in [6.07, 6.45) is 2.25. The Morgan fingerprint density at radius 3 is 2.55 bits per heavy atom. The largest absolute Gasteiger partial charge is 0.459 e. The Balaban J connectivity index is 1.43. The summed E-state index contributed by atoms with van der Waals surface area (Å²) in [5, 5.41) is 5.87. The number of nitrogens with one attached hydrogen (secondary N) is 2. The van der Waals surface area contributed by atoms with Crippen LogP contribution >= 0.6 is 0 Å². The molecule has 0 radical (unpaired) electrons. The molecule has 0 saturated heterocycles. The smallest absolute Gasteiger partial charge is 0.286 e. The van der Waals surface area contributed by atoms with E-state index in [1.807, 2.05) is 66.2 Å². The molecule has 0 saturated carbocycles. The Kier molecular flexibility index (Phi) is 6.12. The summed E-state index contributed by atoms with van der Waals surface area (Å²) in [6, 6.07) is 20.6. The van der Waals surface area contributed by atoms with Gasteiger partial charge in [-0.1, -0.05) is 42.5 Å². The second-order valence-electron chi connectivity index (χ2n) is 7.27. The zero-order chi connectivity index (χ0) is 21.6. The first-order chi connectivity index (χ1) is 15.1. The van der Waals surface area contributed by atoms with Gasteiger partial charge in [-0.05, 0) is 36.2 Å². The van der Waals surface area contributed by atoms with Crippen LogP contribution in [-0.4, -0.2) is 27.9 Å². The average Bonchev–Trinajstić information content (AvgIpc) is 3.45. The maximum Gasteiger partial charge on any atom is 0.286 e. The van der Waals surface area contributed by atoms with Gasteiger partial charge in [-0.25, -0.2) is 4.98 Å². The highest BCUT2D eigenvalue weighted by atomic mass is 16.3. The molecular weight excluding hydrogens is 392 g/mol. The molecule has 2 amide bonds. The third-order valence-electron chi connectivity index (χ3n) is 5.13. The van der Waals surface area contributed by atoms with Crippen LogP contribution in [-0.2, 0) is 11.8 Å². The van der Waals surface area contributed by atoms with Gasteiger partial charge in [0.2, 0.25) is 5.91 Å². The van der Waals surface area contributed by atoms with Crippen LogP contribution in [0.5, 0.6) is 0 Å². The highest BCUT2D eigenvalue weighted by Gasteiger charge is 2.22. The van der Waals surface area contributed by atoms with E-state index >= 15 is 0 Å². The van der Waals surface area contributed by atoms with Crippen molar-refractivity contribution in [3.63, 3.8) is 0 Å². The zero-order valence-corrected chi connectivity index (χ0v) is 17.2. The maximum atomic E-state index is 12.7. The fourth-order valence-corrected chi connectivity index (χ4v) is 3.54. The third-order valence-corrected chi connectivity index (χ3v) is 5.13. The summed E-state index contributed by atoms with van der Waals surface area (Å²) in [7, 11) is 1.96. The normalized spacial score (nSPS) is 11.9. The van der Waals surface area contributed by atoms with E-state index in [9.17, 15) is 9.59 Å². The number of fused-ring (bicyclic) bond motifs is 1. The van der Waals surface area contributed by atoms with Gasteiger partial charge in [0.1, 0.15) is 11.9 Å². The molecule has 4 rings (SSSR count). The molecule has 0 fully saturated rings.